The van der Waals surface area contributed by atoms with Crippen LogP contribution >= 0.6 is 0 Å². The molecule has 5 heteroatoms. The molecule has 2 aromatic carbocycles. The average Bonchev–Trinajstić information content (AvgIpc) is 2.45. The SMILES string of the molecule is COc1cccc(N(C)c2cccc(F)c2C(=O)O)c1. The molecule has 0 spiro atoms. The first-order valence-electron chi connectivity index (χ1n) is 5.94. The number of carboxylic acid groups (broad SMARTS) is 1. The van der Waals surface area contributed by atoms with Crippen molar-refractivity contribution >= 4 is 17.3 Å². The number of anilines is 2. The number of hydrogen-bond acceptors (Lipinski definition) is 3. The van der Waals surface area contributed by atoms with Gasteiger partial charge in [-0.2, -0.15) is 0 Å². The molecule has 4 nitrogen and oxygen atoms in total. The minimum absolute atomic E-state index is 0.283. The summed E-state index contributed by atoms with van der Waals surface area (Å²) in [5, 5.41) is 9.15. The lowest BCUT2D eigenvalue weighted by Gasteiger charge is -2.22. The molecule has 0 radical (unpaired) electrons. The highest BCUT2D eigenvalue weighted by Crippen LogP contribution is 2.30. The van der Waals surface area contributed by atoms with E-state index in [0.717, 1.165) is 6.07 Å². The topological polar surface area (TPSA) is 49.8 Å². The molecule has 0 saturated heterocycles. The summed E-state index contributed by atoms with van der Waals surface area (Å²) >= 11 is 0. The molecule has 0 aromatic heterocycles. The van der Waals surface area contributed by atoms with E-state index in [4.69, 9.17) is 9.84 Å². The predicted molar refractivity (Wildman–Crippen MR) is 74.4 cm³/mol. The molecule has 0 amide bonds. The maximum atomic E-state index is 13.7. The summed E-state index contributed by atoms with van der Waals surface area (Å²) in [6, 6.07) is 11.3. The van der Waals surface area contributed by atoms with Crippen molar-refractivity contribution in [3.8, 4) is 5.75 Å². The third-order valence-corrected chi connectivity index (χ3v) is 3.01. The van der Waals surface area contributed by atoms with E-state index in [1.54, 1.807) is 49.4 Å². The summed E-state index contributed by atoms with van der Waals surface area (Å²) in [6.07, 6.45) is 0. The second kappa shape index (κ2) is 5.61. The van der Waals surface area contributed by atoms with Crippen LogP contribution in [0, 0.1) is 5.82 Å². The van der Waals surface area contributed by atoms with Crippen LogP contribution < -0.4 is 9.64 Å². The van der Waals surface area contributed by atoms with Gasteiger partial charge in [-0.25, -0.2) is 9.18 Å². The molecule has 0 atom stereocenters. The first kappa shape index (κ1) is 13.9. The first-order chi connectivity index (χ1) is 9.54. The van der Waals surface area contributed by atoms with Gasteiger partial charge >= 0.3 is 5.97 Å². The van der Waals surface area contributed by atoms with Crippen molar-refractivity contribution in [2.24, 2.45) is 0 Å². The first-order valence-corrected chi connectivity index (χ1v) is 5.94. The zero-order valence-electron chi connectivity index (χ0n) is 11.1. The van der Waals surface area contributed by atoms with E-state index in [1.165, 1.54) is 6.07 Å². The van der Waals surface area contributed by atoms with E-state index < -0.39 is 11.8 Å². The number of benzene rings is 2. The summed E-state index contributed by atoms with van der Waals surface area (Å²) in [7, 11) is 3.22. The Morgan fingerprint density at radius 1 is 1.25 bits per heavy atom. The Labute approximate surface area is 116 Å². The van der Waals surface area contributed by atoms with Gasteiger partial charge in [-0.15, -0.1) is 0 Å². The highest BCUT2D eigenvalue weighted by Gasteiger charge is 2.19. The number of rotatable bonds is 4. The Hall–Kier alpha value is -2.56. The lowest BCUT2D eigenvalue weighted by molar-refractivity contribution is 0.0693. The molecule has 0 aliphatic heterocycles. The number of ether oxygens (including phenoxy) is 1. The largest absolute Gasteiger partial charge is 0.497 e. The van der Waals surface area contributed by atoms with Gasteiger partial charge in [0.2, 0.25) is 0 Å². The Bertz CT molecular complexity index is 643. The molecular formula is C15H14FNO3. The molecule has 0 aliphatic rings. The summed E-state index contributed by atoms with van der Waals surface area (Å²) in [5.74, 6) is -1.42. The zero-order valence-corrected chi connectivity index (χ0v) is 11.1. The van der Waals surface area contributed by atoms with Gasteiger partial charge in [0.1, 0.15) is 17.1 Å². The second-order valence-corrected chi connectivity index (χ2v) is 4.20. The van der Waals surface area contributed by atoms with E-state index in [-0.39, 0.29) is 11.3 Å². The number of halogens is 1. The lowest BCUT2D eigenvalue weighted by atomic mass is 10.1. The molecular weight excluding hydrogens is 261 g/mol. The second-order valence-electron chi connectivity index (χ2n) is 4.20. The smallest absolute Gasteiger partial charge is 0.340 e. The summed E-state index contributed by atoms with van der Waals surface area (Å²) in [6.45, 7) is 0. The molecule has 0 saturated carbocycles. The van der Waals surface area contributed by atoms with Gasteiger partial charge < -0.3 is 14.7 Å². The zero-order chi connectivity index (χ0) is 14.7. The Kier molecular flexibility index (Phi) is 3.89. The van der Waals surface area contributed by atoms with Gasteiger partial charge in [0.15, 0.2) is 0 Å². The highest BCUT2D eigenvalue weighted by molar-refractivity contribution is 5.95. The molecule has 2 aromatic rings. The summed E-state index contributed by atoms with van der Waals surface area (Å²) < 4.78 is 18.8. The van der Waals surface area contributed by atoms with Crippen molar-refractivity contribution in [1.29, 1.82) is 0 Å². The standard InChI is InChI=1S/C15H14FNO3/c1-17(10-5-3-6-11(9-10)20-2)13-8-4-7-12(16)14(13)15(18)19/h3-9H,1-2H3,(H,18,19). The number of hydrogen-bond donors (Lipinski definition) is 1. The predicted octanol–water partition coefficient (Wildman–Crippen LogP) is 3.30. The molecule has 20 heavy (non-hydrogen) atoms. The van der Waals surface area contributed by atoms with E-state index in [9.17, 15) is 9.18 Å². The molecule has 2 rings (SSSR count). The van der Waals surface area contributed by atoms with Crippen LogP contribution in [0.4, 0.5) is 15.8 Å². The number of nitrogens with zero attached hydrogens (tertiary/aromatic N) is 1. The van der Waals surface area contributed by atoms with Gasteiger partial charge in [0, 0.05) is 18.8 Å². The average molecular weight is 275 g/mol. The fourth-order valence-corrected chi connectivity index (χ4v) is 1.96. The third kappa shape index (κ3) is 2.56. The quantitative estimate of drug-likeness (QED) is 0.930. The number of carbonyl (C=O) groups is 1. The molecule has 0 aliphatic carbocycles. The van der Waals surface area contributed by atoms with Crippen molar-refractivity contribution in [3.05, 3.63) is 53.8 Å². The maximum Gasteiger partial charge on any atom is 0.340 e. The molecule has 104 valence electrons. The van der Waals surface area contributed by atoms with Crippen molar-refractivity contribution in [3.63, 3.8) is 0 Å². The van der Waals surface area contributed by atoms with Gasteiger partial charge in [-0.3, -0.25) is 0 Å². The van der Waals surface area contributed by atoms with Crippen LogP contribution in [-0.2, 0) is 0 Å². The van der Waals surface area contributed by atoms with Crippen molar-refractivity contribution in [2.45, 2.75) is 0 Å². The fraction of sp³-hybridized carbons (Fsp3) is 0.133. The highest BCUT2D eigenvalue weighted by atomic mass is 19.1. The van der Waals surface area contributed by atoms with Crippen LogP contribution in [0.2, 0.25) is 0 Å². The van der Waals surface area contributed by atoms with Crippen molar-refractivity contribution < 1.29 is 19.0 Å². The van der Waals surface area contributed by atoms with E-state index in [0.29, 0.717) is 11.4 Å². The molecule has 0 heterocycles. The van der Waals surface area contributed by atoms with Crippen molar-refractivity contribution in [2.75, 3.05) is 19.1 Å². The summed E-state index contributed by atoms with van der Waals surface area (Å²) in [5.41, 5.74) is 0.640. The Balaban J connectivity index is 2.50. The van der Waals surface area contributed by atoms with Gasteiger partial charge in [0.25, 0.3) is 0 Å². The molecule has 0 unspecified atom stereocenters. The maximum absolute atomic E-state index is 13.7. The number of aromatic carboxylic acids is 1. The normalized spacial score (nSPS) is 10.2. The van der Waals surface area contributed by atoms with Crippen LogP contribution in [0.25, 0.3) is 0 Å². The van der Waals surface area contributed by atoms with E-state index in [1.807, 2.05) is 0 Å². The number of methoxy groups -OCH3 is 1. The molecule has 0 fully saturated rings. The fourth-order valence-electron chi connectivity index (χ4n) is 1.96. The van der Waals surface area contributed by atoms with Crippen LogP contribution in [0.5, 0.6) is 5.75 Å². The minimum Gasteiger partial charge on any atom is -0.497 e. The lowest BCUT2D eigenvalue weighted by Crippen LogP contribution is -2.15. The Morgan fingerprint density at radius 3 is 2.60 bits per heavy atom. The monoisotopic (exact) mass is 275 g/mol. The van der Waals surface area contributed by atoms with Gasteiger partial charge in [-0.1, -0.05) is 12.1 Å². The molecule has 0 bridgehead atoms. The van der Waals surface area contributed by atoms with Crippen LogP contribution in [-0.4, -0.2) is 25.2 Å². The van der Waals surface area contributed by atoms with Gasteiger partial charge in [0.05, 0.1) is 12.8 Å². The Morgan fingerprint density at radius 2 is 1.95 bits per heavy atom. The van der Waals surface area contributed by atoms with Gasteiger partial charge in [-0.05, 0) is 24.3 Å². The van der Waals surface area contributed by atoms with Crippen LogP contribution in [0.15, 0.2) is 42.5 Å². The third-order valence-electron chi connectivity index (χ3n) is 3.01. The van der Waals surface area contributed by atoms with Crippen LogP contribution in [0.3, 0.4) is 0 Å². The van der Waals surface area contributed by atoms with E-state index >= 15 is 0 Å². The minimum atomic E-state index is -1.30. The molecule has 1 N–H and O–H groups in total. The van der Waals surface area contributed by atoms with Crippen LogP contribution in [0.1, 0.15) is 10.4 Å². The van der Waals surface area contributed by atoms with Crippen molar-refractivity contribution in [1.82, 2.24) is 0 Å². The summed E-state index contributed by atoms with van der Waals surface area (Å²) in [4.78, 5) is 12.8. The number of carboxylic acids is 1. The van der Waals surface area contributed by atoms with E-state index in [2.05, 4.69) is 0 Å².